The van der Waals surface area contributed by atoms with Crippen LogP contribution in [0.15, 0.2) is 18.2 Å². The minimum Gasteiger partial charge on any atom is -0.350 e. The van der Waals surface area contributed by atoms with Gasteiger partial charge in [0, 0.05) is 12.3 Å². The molecular weight excluding hydrogens is 256 g/mol. The molecular formula is C10H16N4O3S. The molecule has 18 heavy (non-hydrogen) atoms. The number of aromatic nitrogens is 1. The highest BCUT2D eigenvalue weighted by atomic mass is 32.2. The van der Waals surface area contributed by atoms with E-state index in [0.717, 1.165) is 0 Å². The Morgan fingerprint density at radius 1 is 1.44 bits per heavy atom. The average molecular weight is 272 g/mol. The van der Waals surface area contributed by atoms with Crippen molar-refractivity contribution in [3.8, 4) is 0 Å². The fraction of sp³-hybridized carbons (Fsp3) is 0.400. The zero-order valence-electron chi connectivity index (χ0n) is 10.0. The van der Waals surface area contributed by atoms with Gasteiger partial charge in [0.2, 0.25) is 0 Å². The first-order valence-electron chi connectivity index (χ1n) is 5.41. The summed E-state index contributed by atoms with van der Waals surface area (Å²) in [5, 5.41) is 2.49. The monoisotopic (exact) mass is 272 g/mol. The smallest absolute Gasteiger partial charge is 0.269 e. The van der Waals surface area contributed by atoms with Gasteiger partial charge in [-0.05, 0) is 12.1 Å². The lowest BCUT2D eigenvalue weighted by Crippen LogP contribution is -2.30. The lowest BCUT2D eigenvalue weighted by Gasteiger charge is -2.06. The molecule has 8 heteroatoms. The Kier molecular flexibility index (Phi) is 5.05. The largest absolute Gasteiger partial charge is 0.350 e. The van der Waals surface area contributed by atoms with Crippen LogP contribution in [0.1, 0.15) is 17.4 Å². The second-order valence-corrected chi connectivity index (χ2v) is 6.02. The molecule has 0 aromatic carbocycles. The van der Waals surface area contributed by atoms with Gasteiger partial charge in [-0.3, -0.25) is 4.79 Å². The first kappa shape index (κ1) is 14.4. The Hall–Kier alpha value is -1.67. The van der Waals surface area contributed by atoms with E-state index in [9.17, 15) is 13.2 Å². The number of amides is 1. The van der Waals surface area contributed by atoms with E-state index in [2.05, 4.69) is 15.7 Å². The van der Waals surface area contributed by atoms with Gasteiger partial charge in [-0.2, -0.15) is 0 Å². The number of nitrogens with zero attached hydrogens (tertiary/aromatic N) is 1. The molecule has 0 radical (unpaired) electrons. The van der Waals surface area contributed by atoms with Crippen molar-refractivity contribution in [3.05, 3.63) is 23.9 Å². The topological polar surface area (TPSA) is 114 Å². The van der Waals surface area contributed by atoms with E-state index in [1.54, 1.807) is 19.1 Å². The van der Waals surface area contributed by atoms with Gasteiger partial charge >= 0.3 is 0 Å². The number of pyridine rings is 1. The molecule has 4 N–H and O–H groups in total. The Morgan fingerprint density at radius 2 is 2.17 bits per heavy atom. The number of carbonyl (C=O) groups excluding carboxylic acids is 1. The highest BCUT2D eigenvalue weighted by Gasteiger charge is 2.10. The van der Waals surface area contributed by atoms with Gasteiger partial charge in [0.15, 0.2) is 9.84 Å². The molecule has 7 nitrogen and oxygen atoms in total. The van der Waals surface area contributed by atoms with E-state index in [0.29, 0.717) is 5.82 Å². The summed E-state index contributed by atoms with van der Waals surface area (Å²) in [6, 6.07) is 4.75. The van der Waals surface area contributed by atoms with Gasteiger partial charge in [0.1, 0.15) is 11.5 Å². The van der Waals surface area contributed by atoms with Gasteiger partial charge in [-0.15, -0.1) is 0 Å². The number of nitrogens with two attached hydrogens (primary N) is 1. The van der Waals surface area contributed by atoms with Gasteiger partial charge in [-0.1, -0.05) is 13.0 Å². The summed E-state index contributed by atoms with van der Waals surface area (Å²) in [6.45, 7) is 1.63. The minimum atomic E-state index is -3.08. The summed E-state index contributed by atoms with van der Waals surface area (Å²) < 4.78 is 22.4. The van der Waals surface area contributed by atoms with E-state index < -0.39 is 15.7 Å². The predicted molar refractivity (Wildman–Crippen MR) is 68.7 cm³/mol. The molecule has 0 spiro atoms. The van der Waals surface area contributed by atoms with Crippen LogP contribution < -0.4 is 16.6 Å². The van der Waals surface area contributed by atoms with E-state index in [1.807, 2.05) is 0 Å². The molecule has 0 aliphatic carbocycles. The maximum absolute atomic E-state index is 11.6. The number of nitrogens with one attached hydrogen (secondary N) is 2. The molecule has 0 saturated heterocycles. The average Bonchev–Trinajstić information content (AvgIpc) is 2.38. The second kappa shape index (κ2) is 6.31. The van der Waals surface area contributed by atoms with Crippen LogP contribution in [-0.4, -0.2) is 37.4 Å². The van der Waals surface area contributed by atoms with E-state index >= 15 is 0 Å². The fourth-order valence-corrected chi connectivity index (χ4v) is 1.90. The quantitative estimate of drug-likeness (QED) is 0.476. The van der Waals surface area contributed by atoms with Crippen molar-refractivity contribution in [2.75, 3.05) is 23.5 Å². The Labute approximate surface area is 106 Å². The molecule has 1 aromatic rings. The van der Waals surface area contributed by atoms with Crippen molar-refractivity contribution in [2.24, 2.45) is 5.84 Å². The van der Waals surface area contributed by atoms with Gasteiger partial charge < -0.3 is 10.7 Å². The van der Waals surface area contributed by atoms with Crippen LogP contribution in [0.5, 0.6) is 0 Å². The van der Waals surface area contributed by atoms with Crippen LogP contribution in [0, 0.1) is 0 Å². The number of rotatable bonds is 6. The zero-order valence-corrected chi connectivity index (χ0v) is 10.8. The van der Waals surface area contributed by atoms with Crippen molar-refractivity contribution in [1.82, 2.24) is 10.3 Å². The molecule has 0 aliphatic rings. The second-order valence-electron chi connectivity index (χ2n) is 3.54. The van der Waals surface area contributed by atoms with Crippen molar-refractivity contribution >= 4 is 21.6 Å². The van der Waals surface area contributed by atoms with Crippen LogP contribution in [0.25, 0.3) is 0 Å². The fourth-order valence-electron chi connectivity index (χ4n) is 1.20. The third kappa shape index (κ3) is 4.30. The van der Waals surface area contributed by atoms with Crippen LogP contribution >= 0.6 is 0 Å². The highest BCUT2D eigenvalue weighted by molar-refractivity contribution is 7.91. The summed E-state index contributed by atoms with van der Waals surface area (Å²) in [6.07, 6.45) is 0. The maximum Gasteiger partial charge on any atom is 0.269 e. The van der Waals surface area contributed by atoms with Gasteiger partial charge in [0.25, 0.3) is 5.91 Å². The summed E-state index contributed by atoms with van der Waals surface area (Å²) in [7, 11) is -3.08. The van der Waals surface area contributed by atoms with Crippen LogP contribution in [-0.2, 0) is 9.84 Å². The predicted octanol–water partition coefficient (Wildman–Crippen LogP) is -0.468. The molecule has 0 saturated carbocycles. The molecule has 0 fully saturated rings. The van der Waals surface area contributed by atoms with Gasteiger partial charge in [-0.25, -0.2) is 19.2 Å². The first-order chi connectivity index (χ1) is 8.48. The van der Waals surface area contributed by atoms with Crippen molar-refractivity contribution in [1.29, 1.82) is 0 Å². The highest BCUT2D eigenvalue weighted by Crippen LogP contribution is 2.02. The number of hydrazine groups is 1. The molecule has 0 unspecified atom stereocenters. The SMILES string of the molecule is CCS(=O)(=O)CCNC(=O)c1cccc(NN)n1. The van der Waals surface area contributed by atoms with Crippen molar-refractivity contribution < 1.29 is 13.2 Å². The normalized spacial score (nSPS) is 11.0. The van der Waals surface area contributed by atoms with Gasteiger partial charge in [0.05, 0.1) is 5.75 Å². The number of nitrogen functional groups attached to an aromatic ring is 1. The van der Waals surface area contributed by atoms with E-state index in [-0.39, 0.29) is 23.7 Å². The molecule has 1 rings (SSSR count). The number of carbonyl (C=O) groups is 1. The summed E-state index contributed by atoms with van der Waals surface area (Å²) >= 11 is 0. The Morgan fingerprint density at radius 3 is 2.78 bits per heavy atom. The van der Waals surface area contributed by atoms with Crippen molar-refractivity contribution in [3.63, 3.8) is 0 Å². The number of anilines is 1. The number of hydrogen-bond donors (Lipinski definition) is 3. The molecule has 1 amide bonds. The zero-order chi connectivity index (χ0) is 13.6. The molecule has 0 atom stereocenters. The van der Waals surface area contributed by atoms with Crippen LogP contribution in [0.4, 0.5) is 5.82 Å². The summed E-state index contributed by atoms with van der Waals surface area (Å²) in [5.74, 6) is 5.09. The third-order valence-electron chi connectivity index (χ3n) is 2.27. The minimum absolute atomic E-state index is 0.0632. The molecule has 1 heterocycles. The molecule has 1 aromatic heterocycles. The maximum atomic E-state index is 11.6. The van der Waals surface area contributed by atoms with E-state index in [4.69, 9.17) is 5.84 Å². The first-order valence-corrected chi connectivity index (χ1v) is 7.23. The van der Waals surface area contributed by atoms with Crippen LogP contribution in [0.2, 0.25) is 0 Å². The number of hydrogen-bond acceptors (Lipinski definition) is 6. The molecule has 0 aliphatic heterocycles. The lowest BCUT2D eigenvalue weighted by molar-refractivity contribution is 0.0951. The van der Waals surface area contributed by atoms with Crippen LogP contribution in [0.3, 0.4) is 0 Å². The Balaban J connectivity index is 2.55. The molecule has 100 valence electrons. The Bertz CT molecular complexity index is 516. The summed E-state index contributed by atoms with van der Waals surface area (Å²) in [5.41, 5.74) is 2.50. The standard InChI is InChI=1S/C10H16N4O3S/c1-2-18(16,17)7-6-12-10(15)8-4-3-5-9(13-8)14-11/h3-5H,2,6-7,11H2,1H3,(H,12,15)(H,13,14). The summed E-state index contributed by atoms with van der Waals surface area (Å²) in [4.78, 5) is 15.6. The van der Waals surface area contributed by atoms with Crippen molar-refractivity contribution in [2.45, 2.75) is 6.92 Å². The third-order valence-corrected chi connectivity index (χ3v) is 3.97. The number of sulfone groups is 1. The lowest BCUT2D eigenvalue weighted by atomic mass is 10.3. The van der Waals surface area contributed by atoms with E-state index in [1.165, 1.54) is 6.07 Å². The molecule has 0 bridgehead atoms.